The highest BCUT2D eigenvalue weighted by Crippen LogP contribution is 2.21. The van der Waals surface area contributed by atoms with Crippen LogP contribution in [-0.4, -0.2) is 19.5 Å². The minimum atomic E-state index is 0.0105. The van der Waals surface area contributed by atoms with Crippen LogP contribution in [-0.2, 0) is 16.8 Å². The third-order valence-corrected chi connectivity index (χ3v) is 2.71. The Hall–Kier alpha value is -1.35. The second-order valence-corrected chi connectivity index (χ2v) is 5.22. The van der Waals surface area contributed by atoms with Gasteiger partial charge in [0.05, 0.1) is 6.54 Å². The van der Waals surface area contributed by atoms with Gasteiger partial charge in [-0.1, -0.05) is 45.0 Å². The molecule has 0 saturated heterocycles. The molecule has 17 heavy (non-hydrogen) atoms. The molecule has 0 bridgehead atoms. The van der Waals surface area contributed by atoms with Crippen molar-refractivity contribution in [3.8, 4) is 0 Å². The zero-order valence-electron chi connectivity index (χ0n) is 11.1. The smallest absolute Gasteiger partial charge is 0.233 e. The molecule has 0 aliphatic carbocycles. The number of hydrogen-bond acceptors (Lipinski definition) is 2. The minimum absolute atomic E-state index is 0.0105. The Balaban J connectivity index is 2.49. The van der Waals surface area contributed by atoms with Crippen LogP contribution in [0.15, 0.2) is 24.3 Å². The van der Waals surface area contributed by atoms with E-state index in [2.05, 4.69) is 55.7 Å². The Kier molecular flexibility index (Phi) is 4.70. The number of likely N-dealkylation sites (N-methyl/N-ethyl adjacent to an activating group) is 1. The average Bonchev–Trinajstić information content (AvgIpc) is 2.28. The predicted molar refractivity (Wildman–Crippen MR) is 70.9 cm³/mol. The summed E-state index contributed by atoms with van der Waals surface area (Å²) < 4.78 is 0. The van der Waals surface area contributed by atoms with Gasteiger partial charge in [-0.15, -0.1) is 0 Å². The van der Waals surface area contributed by atoms with E-state index < -0.39 is 0 Å². The van der Waals surface area contributed by atoms with Gasteiger partial charge in [-0.2, -0.15) is 0 Å². The number of hydrogen-bond donors (Lipinski definition) is 2. The lowest BCUT2D eigenvalue weighted by atomic mass is 9.87. The normalized spacial score (nSPS) is 11.3. The average molecular weight is 234 g/mol. The van der Waals surface area contributed by atoms with Gasteiger partial charge in [0.15, 0.2) is 0 Å². The minimum Gasteiger partial charge on any atom is -0.358 e. The van der Waals surface area contributed by atoms with Crippen molar-refractivity contribution < 1.29 is 4.79 Å². The van der Waals surface area contributed by atoms with Gasteiger partial charge in [0.25, 0.3) is 0 Å². The molecule has 0 radical (unpaired) electrons. The lowest BCUT2D eigenvalue weighted by molar-refractivity contribution is -0.119. The van der Waals surface area contributed by atoms with E-state index in [4.69, 9.17) is 0 Å². The molecule has 0 saturated carbocycles. The van der Waals surface area contributed by atoms with E-state index in [1.807, 2.05) is 0 Å². The summed E-state index contributed by atoms with van der Waals surface area (Å²) in [6.07, 6.45) is 0. The Morgan fingerprint density at radius 3 is 2.24 bits per heavy atom. The topological polar surface area (TPSA) is 41.1 Å². The number of nitrogens with one attached hydrogen (secondary N) is 2. The zero-order chi connectivity index (χ0) is 12.9. The number of benzene rings is 1. The number of amides is 1. The van der Waals surface area contributed by atoms with Gasteiger partial charge in [-0.05, 0) is 16.5 Å². The van der Waals surface area contributed by atoms with Gasteiger partial charge in [0, 0.05) is 13.6 Å². The summed E-state index contributed by atoms with van der Waals surface area (Å²) in [6, 6.07) is 8.52. The summed E-state index contributed by atoms with van der Waals surface area (Å²) >= 11 is 0. The van der Waals surface area contributed by atoms with Gasteiger partial charge in [0.2, 0.25) is 5.91 Å². The molecule has 3 nitrogen and oxygen atoms in total. The van der Waals surface area contributed by atoms with Crippen molar-refractivity contribution in [3.05, 3.63) is 35.4 Å². The van der Waals surface area contributed by atoms with Gasteiger partial charge in [0.1, 0.15) is 0 Å². The lowest BCUT2D eigenvalue weighted by Gasteiger charge is -2.19. The zero-order valence-corrected chi connectivity index (χ0v) is 11.1. The van der Waals surface area contributed by atoms with Gasteiger partial charge >= 0.3 is 0 Å². The summed E-state index contributed by atoms with van der Waals surface area (Å²) in [5.74, 6) is 0.0105. The number of carbonyl (C=O) groups excluding carboxylic acids is 1. The van der Waals surface area contributed by atoms with Crippen molar-refractivity contribution in [2.24, 2.45) is 0 Å². The molecule has 94 valence electrons. The Morgan fingerprint density at radius 2 is 1.76 bits per heavy atom. The molecule has 1 rings (SSSR count). The second-order valence-electron chi connectivity index (χ2n) is 5.22. The third kappa shape index (κ3) is 4.57. The second kappa shape index (κ2) is 5.82. The van der Waals surface area contributed by atoms with E-state index in [9.17, 15) is 4.79 Å². The first kappa shape index (κ1) is 13.7. The lowest BCUT2D eigenvalue weighted by Crippen LogP contribution is -2.30. The van der Waals surface area contributed by atoms with Crippen LogP contribution in [0, 0.1) is 0 Å². The first-order valence-corrected chi connectivity index (χ1v) is 5.94. The van der Waals surface area contributed by atoms with Gasteiger partial charge in [-0.3, -0.25) is 4.79 Å². The van der Waals surface area contributed by atoms with Crippen LogP contribution < -0.4 is 10.6 Å². The van der Waals surface area contributed by atoms with Crippen molar-refractivity contribution in [1.29, 1.82) is 0 Å². The number of rotatable bonds is 4. The first-order chi connectivity index (χ1) is 7.93. The van der Waals surface area contributed by atoms with Crippen LogP contribution in [0.3, 0.4) is 0 Å². The Bertz CT molecular complexity index is 363. The van der Waals surface area contributed by atoms with E-state index in [1.165, 1.54) is 11.1 Å². The fraction of sp³-hybridized carbons (Fsp3) is 0.500. The Morgan fingerprint density at radius 1 is 1.18 bits per heavy atom. The monoisotopic (exact) mass is 234 g/mol. The highest BCUT2D eigenvalue weighted by Gasteiger charge is 2.12. The SMILES string of the molecule is CNC(=O)CNCc1ccc(C(C)(C)C)cc1. The third-order valence-electron chi connectivity index (χ3n) is 2.71. The van der Waals surface area contributed by atoms with E-state index in [0.717, 1.165) is 6.54 Å². The van der Waals surface area contributed by atoms with Crippen molar-refractivity contribution in [2.45, 2.75) is 32.7 Å². The molecule has 0 unspecified atom stereocenters. The molecular weight excluding hydrogens is 212 g/mol. The standard InChI is InChI=1S/C14H22N2O/c1-14(2,3)12-7-5-11(6-8-12)9-16-10-13(17)15-4/h5-8,16H,9-10H2,1-4H3,(H,15,17). The molecule has 0 aromatic heterocycles. The maximum absolute atomic E-state index is 11.0. The molecule has 0 atom stereocenters. The highest BCUT2D eigenvalue weighted by atomic mass is 16.1. The summed E-state index contributed by atoms with van der Waals surface area (Å²) in [6.45, 7) is 7.68. The maximum Gasteiger partial charge on any atom is 0.233 e. The van der Waals surface area contributed by atoms with E-state index in [1.54, 1.807) is 7.05 Å². The summed E-state index contributed by atoms with van der Waals surface area (Å²) in [7, 11) is 1.64. The largest absolute Gasteiger partial charge is 0.358 e. The maximum atomic E-state index is 11.0. The van der Waals surface area contributed by atoms with Crippen LogP contribution in [0.25, 0.3) is 0 Å². The highest BCUT2D eigenvalue weighted by molar-refractivity contribution is 5.77. The Labute approximate surface area is 104 Å². The fourth-order valence-corrected chi connectivity index (χ4v) is 1.53. The molecule has 0 fully saturated rings. The molecule has 1 amide bonds. The fourth-order valence-electron chi connectivity index (χ4n) is 1.53. The molecule has 1 aromatic carbocycles. The van der Waals surface area contributed by atoms with Crippen LogP contribution in [0.2, 0.25) is 0 Å². The number of carbonyl (C=O) groups is 1. The summed E-state index contributed by atoms with van der Waals surface area (Å²) in [5, 5.41) is 5.68. The van der Waals surface area contributed by atoms with Gasteiger partial charge in [-0.25, -0.2) is 0 Å². The van der Waals surface area contributed by atoms with Crippen molar-refractivity contribution in [2.75, 3.05) is 13.6 Å². The molecule has 1 aromatic rings. The molecule has 3 heteroatoms. The summed E-state index contributed by atoms with van der Waals surface area (Å²) in [5.41, 5.74) is 2.71. The van der Waals surface area contributed by atoms with E-state index >= 15 is 0 Å². The van der Waals surface area contributed by atoms with Crippen molar-refractivity contribution in [3.63, 3.8) is 0 Å². The van der Waals surface area contributed by atoms with E-state index in [0.29, 0.717) is 6.54 Å². The van der Waals surface area contributed by atoms with E-state index in [-0.39, 0.29) is 11.3 Å². The molecule has 0 spiro atoms. The van der Waals surface area contributed by atoms with Crippen LogP contribution >= 0.6 is 0 Å². The molecule has 2 N–H and O–H groups in total. The van der Waals surface area contributed by atoms with Crippen LogP contribution in [0.4, 0.5) is 0 Å². The molecule has 0 aliphatic heterocycles. The van der Waals surface area contributed by atoms with Crippen LogP contribution in [0.1, 0.15) is 31.9 Å². The first-order valence-electron chi connectivity index (χ1n) is 5.94. The summed E-state index contributed by atoms with van der Waals surface area (Å²) in [4.78, 5) is 11.0. The molecule has 0 aliphatic rings. The predicted octanol–water partition coefficient (Wildman–Crippen LogP) is 1.82. The molecule has 0 heterocycles. The van der Waals surface area contributed by atoms with Crippen LogP contribution in [0.5, 0.6) is 0 Å². The van der Waals surface area contributed by atoms with Crippen molar-refractivity contribution >= 4 is 5.91 Å². The van der Waals surface area contributed by atoms with Gasteiger partial charge < -0.3 is 10.6 Å². The molecular formula is C14H22N2O. The van der Waals surface area contributed by atoms with Crippen molar-refractivity contribution in [1.82, 2.24) is 10.6 Å². The quantitative estimate of drug-likeness (QED) is 0.834.